The Hall–Kier alpha value is -1.50. The van der Waals surface area contributed by atoms with Crippen LogP contribution in [0.3, 0.4) is 0 Å². The molecule has 2 aromatic rings. The Balaban J connectivity index is 2.43. The molecule has 13 heavy (non-hydrogen) atoms. The average molecular weight is 169 g/mol. The van der Waals surface area contributed by atoms with Gasteiger partial charge in [0.05, 0.1) is 0 Å². The van der Waals surface area contributed by atoms with E-state index in [4.69, 9.17) is 0 Å². The van der Waals surface area contributed by atoms with Crippen molar-refractivity contribution in [2.75, 3.05) is 0 Å². The van der Waals surface area contributed by atoms with Crippen molar-refractivity contribution < 1.29 is 0 Å². The van der Waals surface area contributed by atoms with E-state index in [2.05, 4.69) is 42.2 Å². The molecule has 0 radical (unpaired) electrons. The van der Waals surface area contributed by atoms with E-state index in [-0.39, 0.29) is 0 Å². The molecule has 0 aliphatic heterocycles. The van der Waals surface area contributed by atoms with E-state index in [1.807, 2.05) is 0 Å². The van der Waals surface area contributed by atoms with E-state index in [0.717, 1.165) is 6.42 Å². The van der Waals surface area contributed by atoms with Crippen LogP contribution in [0.5, 0.6) is 0 Å². The zero-order chi connectivity index (χ0) is 8.84. The summed E-state index contributed by atoms with van der Waals surface area (Å²) < 4.78 is 0. The standard InChI is InChI=1S/C12H11N/c1-8-6-7-10-9-4-2-3-5-11(9)13-12(8)10/h2-6,13H,7H2,1H3. The Morgan fingerprint density at radius 2 is 2.08 bits per heavy atom. The first-order valence-electron chi connectivity index (χ1n) is 4.63. The molecule has 1 aromatic carbocycles. The first kappa shape index (κ1) is 6.96. The lowest BCUT2D eigenvalue weighted by molar-refractivity contribution is 1.32. The topological polar surface area (TPSA) is 15.8 Å². The number of aromatic amines is 1. The molecule has 1 heterocycles. The molecule has 3 rings (SSSR count). The Kier molecular flexibility index (Phi) is 1.21. The van der Waals surface area contributed by atoms with Crippen LogP contribution in [0.15, 0.2) is 30.3 Å². The SMILES string of the molecule is CC1=CCc2c1[nH]c1ccccc21. The predicted molar refractivity (Wildman–Crippen MR) is 55.7 cm³/mol. The highest BCUT2D eigenvalue weighted by Crippen LogP contribution is 2.32. The molecule has 0 atom stereocenters. The molecular formula is C12H11N. The molecule has 1 nitrogen and oxygen atoms in total. The van der Waals surface area contributed by atoms with Gasteiger partial charge in [-0.3, -0.25) is 0 Å². The second kappa shape index (κ2) is 2.25. The third-order valence-electron chi connectivity index (χ3n) is 2.82. The molecular weight excluding hydrogens is 158 g/mol. The summed E-state index contributed by atoms with van der Waals surface area (Å²) in [7, 11) is 0. The monoisotopic (exact) mass is 169 g/mol. The van der Waals surface area contributed by atoms with Crippen LogP contribution in [0.1, 0.15) is 18.2 Å². The lowest BCUT2D eigenvalue weighted by atomic mass is 10.1. The summed E-state index contributed by atoms with van der Waals surface area (Å²) in [5, 5.41) is 1.38. The van der Waals surface area contributed by atoms with E-state index in [9.17, 15) is 0 Å². The summed E-state index contributed by atoms with van der Waals surface area (Å²) >= 11 is 0. The summed E-state index contributed by atoms with van der Waals surface area (Å²) in [5.74, 6) is 0. The maximum absolute atomic E-state index is 3.46. The molecule has 1 aliphatic carbocycles. The molecule has 0 spiro atoms. The summed E-state index contributed by atoms with van der Waals surface area (Å²) in [4.78, 5) is 3.46. The second-order valence-electron chi connectivity index (χ2n) is 3.62. The predicted octanol–water partition coefficient (Wildman–Crippen LogP) is 3.13. The maximum atomic E-state index is 3.46. The van der Waals surface area contributed by atoms with Gasteiger partial charge in [0.2, 0.25) is 0 Å². The highest BCUT2D eigenvalue weighted by atomic mass is 14.7. The van der Waals surface area contributed by atoms with Gasteiger partial charge in [0.15, 0.2) is 0 Å². The van der Waals surface area contributed by atoms with Crippen molar-refractivity contribution in [3.8, 4) is 0 Å². The van der Waals surface area contributed by atoms with Gasteiger partial charge in [-0.15, -0.1) is 0 Å². The van der Waals surface area contributed by atoms with Crippen LogP contribution in [0.25, 0.3) is 16.5 Å². The van der Waals surface area contributed by atoms with Gasteiger partial charge < -0.3 is 4.98 Å². The number of allylic oxidation sites excluding steroid dienone is 2. The van der Waals surface area contributed by atoms with Gasteiger partial charge in [0.25, 0.3) is 0 Å². The Bertz CT molecular complexity index is 503. The van der Waals surface area contributed by atoms with Crippen molar-refractivity contribution >= 4 is 16.5 Å². The quantitative estimate of drug-likeness (QED) is 0.623. The summed E-state index contributed by atoms with van der Waals surface area (Å²) in [6, 6.07) is 8.51. The summed E-state index contributed by atoms with van der Waals surface area (Å²) in [6.45, 7) is 2.17. The van der Waals surface area contributed by atoms with E-state index >= 15 is 0 Å². The van der Waals surface area contributed by atoms with Crippen LogP contribution in [0.2, 0.25) is 0 Å². The van der Waals surface area contributed by atoms with Crippen LogP contribution in [-0.2, 0) is 6.42 Å². The Labute approximate surface area is 77.1 Å². The summed E-state index contributed by atoms with van der Waals surface area (Å²) in [6.07, 6.45) is 3.37. The Morgan fingerprint density at radius 3 is 3.00 bits per heavy atom. The number of rotatable bonds is 0. The van der Waals surface area contributed by atoms with Crippen molar-refractivity contribution in [2.24, 2.45) is 0 Å². The van der Waals surface area contributed by atoms with E-state index in [0.29, 0.717) is 0 Å². The van der Waals surface area contributed by atoms with Crippen molar-refractivity contribution in [1.82, 2.24) is 4.98 Å². The average Bonchev–Trinajstić information content (AvgIpc) is 2.67. The smallest absolute Gasteiger partial charge is 0.0461 e. The minimum atomic E-state index is 1.09. The molecule has 0 bridgehead atoms. The number of hydrogen-bond donors (Lipinski definition) is 1. The maximum Gasteiger partial charge on any atom is 0.0461 e. The zero-order valence-corrected chi connectivity index (χ0v) is 7.59. The second-order valence-corrected chi connectivity index (χ2v) is 3.62. The van der Waals surface area contributed by atoms with Crippen molar-refractivity contribution in [3.05, 3.63) is 41.6 Å². The minimum absolute atomic E-state index is 1.09. The molecule has 0 saturated heterocycles. The van der Waals surface area contributed by atoms with Gasteiger partial charge in [-0.25, -0.2) is 0 Å². The van der Waals surface area contributed by atoms with Crippen molar-refractivity contribution in [3.63, 3.8) is 0 Å². The number of nitrogens with one attached hydrogen (secondary N) is 1. The van der Waals surface area contributed by atoms with Gasteiger partial charge >= 0.3 is 0 Å². The molecule has 0 unspecified atom stereocenters. The third kappa shape index (κ3) is 0.816. The first-order valence-corrected chi connectivity index (χ1v) is 4.63. The molecule has 1 aromatic heterocycles. The fourth-order valence-electron chi connectivity index (χ4n) is 2.11. The minimum Gasteiger partial charge on any atom is -0.355 e. The summed E-state index contributed by atoms with van der Waals surface area (Å²) in [5.41, 5.74) is 5.44. The van der Waals surface area contributed by atoms with Crippen LogP contribution in [0.4, 0.5) is 0 Å². The van der Waals surface area contributed by atoms with Crippen LogP contribution in [-0.4, -0.2) is 4.98 Å². The number of para-hydroxylation sites is 1. The molecule has 64 valence electrons. The lowest BCUT2D eigenvalue weighted by Crippen LogP contribution is -1.76. The number of benzene rings is 1. The normalized spacial score (nSPS) is 14.7. The van der Waals surface area contributed by atoms with Gasteiger partial charge in [0, 0.05) is 16.6 Å². The molecule has 0 fully saturated rings. The fraction of sp³-hybridized carbons (Fsp3) is 0.167. The highest BCUT2D eigenvalue weighted by Gasteiger charge is 2.15. The van der Waals surface area contributed by atoms with E-state index in [1.165, 1.54) is 27.7 Å². The zero-order valence-electron chi connectivity index (χ0n) is 7.59. The van der Waals surface area contributed by atoms with Gasteiger partial charge in [0.1, 0.15) is 0 Å². The van der Waals surface area contributed by atoms with Crippen LogP contribution >= 0.6 is 0 Å². The molecule has 1 heteroatoms. The van der Waals surface area contributed by atoms with Crippen molar-refractivity contribution in [1.29, 1.82) is 0 Å². The molecule has 1 N–H and O–H groups in total. The van der Waals surface area contributed by atoms with Gasteiger partial charge in [-0.05, 0) is 30.5 Å². The first-order chi connectivity index (χ1) is 6.36. The highest BCUT2D eigenvalue weighted by molar-refractivity contribution is 5.91. The van der Waals surface area contributed by atoms with Gasteiger partial charge in [-0.2, -0.15) is 0 Å². The number of hydrogen-bond acceptors (Lipinski definition) is 0. The number of fused-ring (bicyclic) bond motifs is 3. The molecule has 1 aliphatic rings. The molecule has 0 amide bonds. The molecule has 0 saturated carbocycles. The largest absolute Gasteiger partial charge is 0.355 e. The van der Waals surface area contributed by atoms with Gasteiger partial charge in [-0.1, -0.05) is 24.3 Å². The Morgan fingerprint density at radius 1 is 1.23 bits per heavy atom. The number of aromatic nitrogens is 1. The van der Waals surface area contributed by atoms with E-state index in [1.54, 1.807) is 0 Å². The van der Waals surface area contributed by atoms with Crippen molar-refractivity contribution in [2.45, 2.75) is 13.3 Å². The van der Waals surface area contributed by atoms with Crippen LogP contribution < -0.4 is 0 Å². The number of H-pyrrole nitrogens is 1. The lowest BCUT2D eigenvalue weighted by Gasteiger charge is -1.90. The third-order valence-corrected chi connectivity index (χ3v) is 2.82. The van der Waals surface area contributed by atoms with E-state index < -0.39 is 0 Å². The van der Waals surface area contributed by atoms with Crippen LogP contribution in [0, 0.1) is 0 Å². The fourth-order valence-corrected chi connectivity index (χ4v) is 2.11.